The van der Waals surface area contributed by atoms with Crippen molar-refractivity contribution in [3.63, 3.8) is 0 Å². The SMILES string of the molecule is CCCOc1cccc(Nc2ccccc2C(=O)O)c1. The molecule has 0 radical (unpaired) electrons. The zero-order valence-corrected chi connectivity index (χ0v) is 11.3. The Kier molecular flexibility index (Phi) is 4.60. The van der Waals surface area contributed by atoms with Gasteiger partial charge in [0.2, 0.25) is 0 Å². The number of hydrogen-bond acceptors (Lipinski definition) is 3. The van der Waals surface area contributed by atoms with Gasteiger partial charge in [0.1, 0.15) is 5.75 Å². The lowest BCUT2D eigenvalue weighted by Crippen LogP contribution is -2.02. The standard InChI is InChI=1S/C16H17NO3/c1-2-10-20-13-7-5-6-12(11-13)17-15-9-4-3-8-14(15)16(18)19/h3-9,11,17H,2,10H2,1H3,(H,18,19). The van der Waals surface area contributed by atoms with E-state index in [2.05, 4.69) is 5.32 Å². The predicted octanol–water partition coefficient (Wildman–Crippen LogP) is 3.92. The molecular weight excluding hydrogens is 254 g/mol. The van der Waals surface area contributed by atoms with E-state index in [1.54, 1.807) is 24.3 Å². The maximum Gasteiger partial charge on any atom is 0.337 e. The van der Waals surface area contributed by atoms with E-state index in [1.807, 2.05) is 31.2 Å². The first-order valence-electron chi connectivity index (χ1n) is 6.53. The fourth-order valence-corrected chi connectivity index (χ4v) is 1.82. The van der Waals surface area contributed by atoms with Crippen LogP contribution in [-0.2, 0) is 0 Å². The molecule has 2 rings (SSSR count). The van der Waals surface area contributed by atoms with Crippen LogP contribution in [0.5, 0.6) is 5.75 Å². The Balaban J connectivity index is 2.20. The molecular formula is C16H17NO3. The van der Waals surface area contributed by atoms with Crippen molar-refractivity contribution in [1.82, 2.24) is 0 Å². The molecule has 20 heavy (non-hydrogen) atoms. The highest BCUT2D eigenvalue weighted by Gasteiger charge is 2.09. The Hall–Kier alpha value is -2.49. The number of carbonyl (C=O) groups is 1. The summed E-state index contributed by atoms with van der Waals surface area (Å²) in [6.45, 7) is 2.71. The minimum atomic E-state index is -0.952. The van der Waals surface area contributed by atoms with Gasteiger partial charge in [-0.25, -0.2) is 4.79 Å². The molecule has 0 unspecified atom stereocenters. The Morgan fingerprint density at radius 1 is 1.20 bits per heavy atom. The van der Waals surface area contributed by atoms with Crippen LogP contribution in [0.2, 0.25) is 0 Å². The molecule has 0 atom stereocenters. The Morgan fingerprint density at radius 3 is 2.75 bits per heavy atom. The van der Waals surface area contributed by atoms with E-state index in [-0.39, 0.29) is 5.56 Å². The molecule has 0 aliphatic heterocycles. The van der Waals surface area contributed by atoms with Crippen molar-refractivity contribution in [2.45, 2.75) is 13.3 Å². The number of hydrogen-bond donors (Lipinski definition) is 2. The second-order valence-electron chi connectivity index (χ2n) is 4.35. The van der Waals surface area contributed by atoms with E-state index in [4.69, 9.17) is 9.84 Å². The first-order valence-corrected chi connectivity index (χ1v) is 6.53. The molecule has 0 fully saturated rings. The van der Waals surface area contributed by atoms with Gasteiger partial charge < -0.3 is 15.2 Å². The molecule has 2 N–H and O–H groups in total. The van der Waals surface area contributed by atoms with E-state index in [0.717, 1.165) is 17.9 Å². The molecule has 0 aliphatic carbocycles. The summed E-state index contributed by atoms with van der Waals surface area (Å²) < 4.78 is 5.55. The van der Waals surface area contributed by atoms with Crippen molar-refractivity contribution < 1.29 is 14.6 Å². The van der Waals surface area contributed by atoms with Gasteiger partial charge in [0.05, 0.1) is 17.9 Å². The first-order chi connectivity index (χ1) is 9.70. The van der Waals surface area contributed by atoms with Crippen LogP contribution >= 0.6 is 0 Å². The predicted molar refractivity (Wildman–Crippen MR) is 78.9 cm³/mol. The van der Waals surface area contributed by atoms with Crippen LogP contribution in [0.4, 0.5) is 11.4 Å². The van der Waals surface area contributed by atoms with Gasteiger partial charge in [-0.05, 0) is 30.7 Å². The van der Waals surface area contributed by atoms with Gasteiger partial charge in [0.25, 0.3) is 0 Å². The number of nitrogens with one attached hydrogen (secondary N) is 1. The fraction of sp³-hybridized carbons (Fsp3) is 0.188. The summed E-state index contributed by atoms with van der Waals surface area (Å²) in [5, 5.41) is 12.3. The summed E-state index contributed by atoms with van der Waals surface area (Å²) in [5.74, 6) is -0.184. The van der Waals surface area contributed by atoms with Crippen molar-refractivity contribution in [3.8, 4) is 5.75 Å². The molecule has 4 heteroatoms. The molecule has 0 saturated carbocycles. The third kappa shape index (κ3) is 3.51. The number of carboxylic acid groups (broad SMARTS) is 1. The molecule has 0 bridgehead atoms. The highest BCUT2D eigenvalue weighted by Crippen LogP contribution is 2.24. The van der Waals surface area contributed by atoms with E-state index in [0.29, 0.717) is 12.3 Å². The normalized spacial score (nSPS) is 10.1. The zero-order valence-electron chi connectivity index (χ0n) is 11.3. The maximum atomic E-state index is 11.2. The topological polar surface area (TPSA) is 58.6 Å². The molecule has 2 aromatic carbocycles. The fourth-order valence-electron chi connectivity index (χ4n) is 1.82. The maximum absolute atomic E-state index is 11.2. The van der Waals surface area contributed by atoms with Crippen molar-refractivity contribution in [2.75, 3.05) is 11.9 Å². The monoisotopic (exact) mass is 271 g/mol. The Labute approximate surface area is 118 Å². The average molecular weight is 271 g/mol. The smallest absolute Gasteiger partial charge is 0.337 e. The minimum absolute atomic E-state index is 0.243. The number of aromatic carboxylic acids is 1. The highest BCUT2D eigenvalue weighted by molar-refractivity contribution is 5.95. The lowest BCUT2D eigenvalue weighted by Gasteiger charge is -2.11. The van der Waals surface area contributed by atoms with Crippen LogP contribution < -0.4 is 10.1 Å². The molecule has 4 nitrogen and oxygen atoms in total. The molecule has 104 valence electrons. The van der Waals surface area contributed by atoms with Crippen molar-refractivity contribution in [3.05, 3.63) is 54.1 Å². The summed E-state index contributed by atoms with van der Waals surface area (Å²) in [6.07, 6.45) is 0.944. The number of para-hydroxylation sites is 1. The minimum Gasteiger partial charge on any atom is -0.494 e. The second kappa shape index (κ2) is 6.61. The summed E-state index contributed by atoms with van der Waals surface area (Å²) in [7, 11) is 0. The third-order valence-electron chi connectivity index (χ3n) is 2.74. The molecule has 0 aliphatic rings. The number of benzene rings is 2. The van der Waals surface area contributed by atoms with Crippen LogP contribution in [0.3, 0.4) is 0 Å². The lowest BCUT2D eigenvalue weighted by atomic mass is 10.1. The lowest BCUT2D eigenvalue weighted by molar-refractivity contribution is 0.0698. The molecule has 0 aromatic heterocycles. The summed E-state index contributed by atoms with van der Waals surface area (Å²) in [5.41, 5.74) is 1.60. The van der Waals surface area contributed by atoms with Gasteiger partial charge in [0, 0.05) is 11.8 Å². The van der Waals surface area contributed by atoms with Crippen molar-refractivity contribution in [2.24, 2.45) is 0 Å². The Bertz CT molecular complexity index is 596. The van der Waals surface area contributed by atoms with Crippen LogP contribution in [0.15, 0.2) is 48.5 Å². The second-order valence-corrected chi connectivity index (χ2v) is 4.35. The quantitative estimate of drug-likeness (QED) is 0.836. The largest absolute Gasteiger partial charge is 0.494 e. The summed E-state index contributed by atoms with van der Waals surface area (Å²) in [6, 6.07) is 14.3. The van der Waals surface area contributed by atoms with Crippen LogP contribution in [0.1, 0.15) is 23.7 Å². The number of rotatable bonds is 6. The number of anilines is 2. The Morgan fingerprint density at radius 2 is 2.00 bits per heavy atom. The summed E-state index contributed by atoms with van der Waals surface area (Å²) >= 11 is 0. The van der Waals surface area contributed by atoms with Gasteiger partial charge in [-0.2, -0.15) is 0 Å². The van der Waals surface area contributed by atoms with Gasteiger partial charge >= 0.3 is 5.97 Å². The van der Waals surface area contributed by atoms with Crippen LogP contribution in [-0.4, -0.2) is 17.7 Å². The molecule has 2 aromatic rings. The first kappa shape index (κ1) is 13.9. The van der Waals surface area contributed by atoms with Crippen LogP contribution in [0.25, 0.3) is 0 Å². The van der Waals surface area contributed by atoms with Crippen molar-refractivity contribution in [1.29, 1.82) is 0 Å². The van der Waals surface area contributed by atoms with E-state index in [9.17, 15) is 4.79 Å². The molecule has 0 saturated heterocycles. The highest BCUT2D eigenvalue weighted by atomic mass is 16.5. The number of ether oxygens (including phenoxy) is 1. The van der Waals surface area contributed by atoms with E-state index >= 15 is 0 Å². The van der Waals surface area contributed by atoms with E-state index < -0.39 is 5.97 Å². The third-order valence-corrected chi connectivity index (χ3v) is 2.74. The molecule has 0 spiro atoms. The number of carboxylic acids is 1. The van der Waals surface area contributed by atoms with Gasteiger partial charge in [-0.15, -0.1) is 0 Å². The van der Waals surface area contributed by atoms with Gasteiger partial charge in [0.15, 0.2) is 0 Å². The molecule has 0 heterocycles. The van der Waals surface area contributed by atoms with E-state index in [1.165, 1.54) is 0 Å². The average Bonchev–Trinajstić information content (AvgIpc) is 2.46. The molecule has 0 amide bonds. The van der Waals surface area contributed by atoms with Crippen LogP contribution in [0, 0.1) is 0 Å². The summed E-state index contributed by atoms with van der Waals surface area (Å²) in [4.78, 5) is 11.2. The van der Waals surface area contributed by atoms with Gasteiger partial charge in [-0.1, -0.05) is 25.1 Å². The zero-order chi connectivity index (χ0) is 14.4. The van der Waals surface area contributed by atoms with Gasteiger partial charge in [-0.3, -0.25) is 0 Å². The van der Waals surface area contributed by atoms with Crippen molar-refractivity contribution >= 4 is 17.3 Å².